The number of hydrogen-bond acceptors (Lipinski definition) is 5. The average molecular weight is 432 g/mol. The maximum absolute atomic E-state index is 14.6. The van der Waals surface area contributed by atoms with Crippen molar-refractivity contribution in [2.45, 2.75) is 13.3 Å². The molecule has 0 spiro atoms. The predicted molar refractivity (Wildman–Crippen MR) is 116 cm³/mol. The zero-order chi connectivity index (χ0) is 22.2. The summed E-state index contributed by atoms with van der Waals surface area (Å²) in [7, 11) is 0. The fourth-order valence-electron chi connectivity index (χ4n) is 4.53. The van der Waals surface area contributed by atoms with Gasteiger partial charge in [0.15, 0.2) is 17.4 Å². The molecule has 0 radical (unpaired) electrons. The summed E-state index contributed by atoms with van der Waals surface area (Å²) in [5, 5.41) is 8.89. The molecule has 3 atom stereocenters. The Morgan fingerprint density at radius 1 is 1.03 bits per heavy atom. The molecule has 32 heavy (non-hydrogen) atoms. The number of nitrogens with zero attached hydrogens (tertiary/aromatic N) is 4. The highest BCUT2D eigenvalue weighted by Crippen LogP contribution is 2.52. The predicted octanol–water partition coefficient (Wildman–Crippen LogP) is 4.62. The fourth-order valence-corrected chi connectivity index (χ4v) is 4.53. The SMILES string of the molecule is CCc1cnc(N2CC3[C@@H](COc4c(F)cc(-c5ccc(C#N)cc5)cc4F)[C@@H]3C2)nc1. The lowest BCUT2D eigenvalue weighted by molar-refractivity contribution is 0.257. The van der Waals surface area contributed by atoms with Gasteiger partial charge in [-0.25, -0.2) is 18.7 Å². The van der Waals surface area contributed by atoms with E-state index in [4.69, 9.17) is 10.00 Å². The normalized spacial score (nSPS) is 21.2. The maximum Gasteiger partial charge on any atom is 0.225 e. The monoisotopic (exact) mass is 432 g/mol. The van der Waals surface area contributed by atoms with Crippen LogP contribution in [-0.4, -0.2) is 29.7 Å². The molecule has 7 heteroatoms. The van der Waals surface area contributed by atoms with Crippen LogP contribution < -0.4 is 9.64 Å². The fraction of sp³-hybridized carbons (Fsp3) is 0.320. The summed E-state index contributed by atoms with van der Waals surface area (Å²) in [6.45, 7) is 4.04. The molecule has 2 aromatic carbocycles. The Hall–Kier alpha value is -3.53. The van der Waals surface area contributed by atoms with E-state index in [2.05, 4.69) is 21.8 Å². The first-order valence-corrected chi connectivity index (χ1v) is 10.8. The van der Waals surface area contributed by atoms with Crippen molar-refractivity contribution in [3.63, 3.8) is 0 Å². The van der Waals surface area contributed by atoms with Crippen LogP contribution in [0.5, 0.6) is 5.75 Å². The topological polar surface area (TPSA) is 62.0 Å². The van der Waals surface area contributed by atoms with Crippen molar-refractivity contribution in [2.75, 3.05) is 24.6 Å². The highest BCUT2D eigenvalue weighted by molar-refractivity contribution is 5.65. The van der Waals surface area contributed by atoms with Crippen LogP contribution in [0.15, 0.2) is 48.8 Å². The highest BCUT2D eigenvalue weighted by atomic mass is 19.1. The third kappa shape index (κ3) is 3.77. The minimum Gasteiger partial charge on any atom is -0.487 e. The zero-order valence-corrected chi connectivity index (χ0v) is 17.6. The third-order valence-corrected chi connectivity index (χ3v) is 6.52. The first kappa shape index (κ1) is 20.4. The van der Waals surface area contributed by atoms with E-state index in [-0.39, 0.29) is 11.7 Å². The van der Waals surface area contributed by atoms with Gasteiger partial charge in [-0.15, -0.1) is 0 Å². The molecule has 5 rings (SSSR count). The van der Waals surface area contributed by atoms with Gasteiger partial charge in [-0.05, 0) is 59.2 Å². The molecule has 162 valence electrons. The molecule has 5 nitrogen and oxygen atoms in total. The number of nitriles is 1. The number of halogens is 2. The van der Waals surface area contributed by atoms with Crippen molar-refractivity contribution in [3.05, 3.63) is 71.6 Å². The number of aromatic nitrogens is 2. The number of fused-ring (bicyclic) bond motifs is 1. The lowest BCUT2D eigenvalue weighted by Crippen LogP contribution is -2.27. The maximum atomic E-state index is 14.6. The first-order valence-electron chi connectivity index (χ1n) is 10.8. The quantitative estimate of drug-likeness (QED) is 0.569. The summed E-state index contributed by atoms with van der Waals surface area (Å²) >= 11 is 0. The summed E-state index contributed by atoms with van der Waals surface area (Å²) < 4.78 is 34.8. The van der Waals surface area contributed by atoms with Gasteiger partial charge in [0.2, 0.25) is 5.95 Å². The van der Waals surface area contributed by atoms with E-state index in [9.17, 15) is 8.78 Å². The lowest BCUT2D eigenvalue weighted by atomic mass is 10.0. The molecule has 3 aromatic rings. The van der Waals surface area contributed by atoms with Crippen molar-refractivity contribution >= 4 is 5.95 Å². The van der Waals surface area contributed by atoms with Gasteiger partial charge < -0.3 is 9.64 Å². The molecule has 2 fully saturated rings. The second kappa shape index (κ2) is 8.19. The van der Waals surface area contributed by atoms with Crippen LogP contribution in [0.1, 0.15) is 18.1 Å². The highest BCUT2D eigenvalue weighted by Gasteiger charge is 2.56. The molecule has 1 unspecified atom stereocenters. The molecule has 1 aliphatic carbocycles. The number of rotatable bonds is 6. The number of piperidine rings is 1. The zero-order valence-electron chi connectivity index (χ0n) is 17.6. The lowest BCUT2D eigenvalue weighted by Gasteiger charge is -2.20. The van der Waals surface area contributed by atoms with E-state index in [1.165, 1.54) is 12.1 Å². The van der Waals surface area contributed by atoms with Gasteiger partial charge in [0.1, 0.15) is 0 Å². The van der Waals surface area contributed by atoms with Crippen molar-refractivity contribution in [3.8, 4) is 22.9 Å². The van der Waals surface area contributed by atoms with Gasteiger partial charge in [0.25, 0.3) is 0 Å². The Kier molecular flexibility index (Phi) is 5.22. The molecular formula is C25H22F2N4O. The van der Waals surface area contributed by atoms with E-state index in [1.54, 1.807) is 24.3 Å². The molecule has 2 aliphatic rings. The average Bonchev–Trinajstić information content (AvgIpc) is 3.26. The molecular weight excluding hydrogens is 410 g/mol. The Morgan fingerprint density at radius 2 is 1.66 bits per heavy atom. The van der Waals surface area contributed by atoms with Crippen LogP contribution in [0.4, 0.5) is 14.7 Å². The Morgan fingerprint density at radius 3 is 2.22 bits per heavy atom. The molecule has 1 aliphatic heterocycles. The third-order valence-electron chi connectivity index (χ3n) is 6.52. The first-order chi connectivity index (χ1) is 15.6. The Labute approximate surface area is 185 Å². The van der Waals surface area contributed by atoms with Gasteiger partial charge in [-0.3, -0.25) is 0 Å². The van der Waals surface area contributed by atoms with Crippen LogP contribution in [-0.2, 0) is 6.42 Å². The van der Waals surface area contributed by atoms with Crippen LogP contribution in [0.2, 0.25) is 0 Å². The molecule has 1 saturated heterocycles. The van der Waals surface area contributed by atoms with E-state index in [0.29, 0.717) is 35.1 Å². The molecule has 0 amide bonds. The number of hydrogen-bond donors (Lipinski definition) is 0. The summed E-state index contributed by atoms with van der Waals surface area (Å²) in [5.74, 6) is 0.134. The standard InChI is InChI=1S/C25H22F2N4O/c1-2-15-10-29-25(30-11-15)31-12-19-20(13-31)21(19)14-32-24-22(26)7-18(8-23(24)27)17-5-3-16(9-28)4-6-17/h3-8,10-11,19-21H,2,12-14H2,1H3/t19-,20?,21+/m1/s1. The number of aryl methyl sites for hydroxylation is 1. The van der Waals surface area contributed by atoms with Crippen LogP contribution in [0, 0.1) is 40.7 Å². The van der Waals surface area contributed by atoms with E-state index < -0.39 is 11.6 Å². The molecule has 0 bridgehead atoms. The Bertz CT molecular complexity index is 1140. The van der Waals surface area contributed by atoms with Crippen molar-refractivity contribution in [2.24, 2.45) is 17.8 Å². The number of benzene rings is 2. The van der Waals surface area contributed by atoms with Gasteiger partial charge in [0, 0.05) is 31.4 Å². The van der Waals surface area contributed by atoms with E-state index in [1.807, 2.05) is 18.5 Å². The van der Waals surface area contributed by atoms with Gasteiger partial charge in [-0.2, -0.15) is 5.26 Å². The minimum atomic E-state index is -0.721. The van der Waals surface area contributed by atoms with Crippen molar-refractivity contribution in [1.29, 1.82) is 5.26 Å². The summed E-state index contributed by atoms with van der Waals surface area (Å²) in [5.41, 5.74) is 2.65. The van der Waals surface area contributed by atoms with E-state index >= 15 is 0 Å². The van der Waals surface area contributed by atoms with Crippen molar-refractivity contribution in [1.82, 2.24) is 9.97 Å². The Balaban J connectivity index is 1.20. The summed E-state index contributed by atoms with van der Waals surface area (Å²) in [4.78, 5) is 11.0. The van der Waals surface area contributed by atoms with E-state index in [0.717, 1.165) is 31.0 Å². The molecule has 2 heterocycles. The summed E-state index contributed by atoms with van der Waals surface area (Å²) in [6, 6.07) is 11.1. The summed E-state index contributed by atoms with van der Waals surface area (Å²) in [6.07, 6.45) is 4.63. The largest absolute Gasteiger partial charge is 0.487 e. The van der Waals surface area contributed by atoms with Crippen LogP contribution in [0.25, 0.3) is 11.1 Å². The second-order valence-electron chi connectivity index (χ2n) is 8.41. The second-order valence-corrected chi connectivity index (χ2v) is 8.41. The number of anilines is 1. The van der Waals surface area contributed by atoms with Gasteiger partial charge in [0.05, 0.1) is 18.2 Å². The number of ether oxygens (including phenoxy) is 1. The van der Waals surface area contributed by atoms with Crippen LogP contribution in [0.3, 0.4) is 0 Å². The molecule has 0 N–H and O–H groups in total. The molecule has 1 aromatic heterocycles. The van der Waals surface area contributed by atoms with Gasteiger partial charge in [-0.1, -0.05) is 19.1 Å². The van der Waals surface area contributed by atoms with Crippen LogP contribution >= 0.6 is 0 Å². The minimum absolute atomic E-state index is 0.290. The smallest absolute Gasteiger partial charge is 0.225 e. The van der Waals surface area contributed by atoms with Gasteiger partial charge >= 0.3 is 0 Å². The molecule has 1 saturated carbocycles. The van der Waals surface area contributed by atoms with Crippen molar-refractivity contribution < 1.29 is 13.5 Å².